The number of rotatable bonds is 4. The summed E-state index contributed by atoms with van der Waals surface area (Å²) in [5, 5.41) is 8.05. The summed E-state index contributed by atoms with van der Waals surface area (Å²) in [6.07, 6.45) is 0. The SMILES string of the molecule is c1ccc(-c2nc(-n3c4ccc5ccccc5c4c4cccc(-c5cccc(-c6ccc7c(c6)oc6ccccc67)c5)c43)nc3ccccc23)cc1. The number of hydrogen-bond donors (Lipinski definition) is 0. The van der Waals surface area contributed by atoms with Gasteiger partial charge < -0.3 is 4.42 Å². The zero-order chi connectivity index (χ0) is 34.2. The van der Waals surface area contributed by atoms with Crippen molar-refractivity contribution >= 4 is 65.4 Å². The normalized spacial score (nSPS) is 11.8. The molecule has 0 bridgehead atoms. The highest BCUT2D eigenvalue weighted by Gasteiger charge is 2.21. The predicted molar refractivity (Wildman–Crippen MR) is 215 cm³/mol. The largest absolute Gasteiger partial charge is 0.456 e. The smallest absolute Gasteiger partial charge is 0.235 e. The lowest BCUT2D eigenvalue weighted by Gasteiger charge is -2.14. The first kappa shape index (κ1) is 28.8. The van der Waals surface area contributed by atoms with E-state index in [1.165, 1.54) is 16.2 Å². The molecule has 0 atom stereocenters. The lowest BCUT2D eigenvalue weighted by atomic mass is 9.96. The van der Waals surface area contributed by atoms with Crippen LogP contribution in [0.15, 0.2) is 180 Å². The minimum Gasteiger partial charge on any atom is -0.456 e. The zero-order valence-electron chi connectivity index (χ0n) is 28.0. The molecule has 52 heavy (non-hydrogen) atoms. The van der Waals surface area contributed by atoms with Gasteiger partial charge in [0.15, 0.2) is 0 Å². The first-order valence-corrected chi connectivity index (χ1v) is 17.6. The van der Waals surface area contributed by atoms with Crippen LogP contribution in [0.2, 0.25) is 0 Å². The molecule has 0 N–H and O–H groups in total. The summed E-state index contributed by atoms with van der Waals surface area (Å²) in [7, 11) is 0. The Morgan fingerprint density at radius 2 is 1.12 bits per heavy atom. The Morgan fingerprint density at radius 3 is 2.04 bits per heavy atom. The van der Waals surface area contributed by atoms with E-state index < -0.39 is 0 Å². The molecule has 0 fully saturated rings. The van der Waals surface area contributed by atoms with Gasteiger partial charge in [0.05, 0.1) is 22.2 Å². The minimum absolute atomic E-state index is 0.645. The van der Waals surface area contributed by atoms with Crippen molar-refractivity contribution in [1.82, 2.24) is 14.5 Å². The molecule has 3 aromatic heterocycles. The number of aromatic nitrogens is 3. The van der Waals surface area contributed by atoms with E-state index in [0.29, 0.717) is 5.95 Å². The molecule has 0 aliphatic rings. The quantitative estimate of drug-likeness (QED) is 0.188. The standard InChI is InChI=1S/C48H29N3O/c1-2-13-31(14-3-1)46-39-19-6-8-22-41(39)49-48(50-46)51-42-27-25-30-12-4-5-17-35(30)45(42)40-21-11-20-36(47(40)51)34-16-10-15-32(28-34)33-24-26-38-37-18-7-9-23-43(37)52-44(38)29-33/h1-29H. The Hall–Kier alpha value is -7.04. The average molecular weight is 664 g/mol. The molecular formula is C48H29N3O. The maximum absolute atomic E-state index is 6.28. The first-order valence-electron chi connectivity index (χ1n) is 17.6. The highest BCUT2D eigenvalue weighted by molar-refractivity contribution is 6.23. The van der Waals surface area contributed by atoms with Crippen LogP contribution in [0.4, 0.5) is 0 Å². The van der Waals surface area contributed by atoms with Crippen LogP contribution in [-0.4, -0.2) is 14.5 Å². The summed E-state index contributed by atoms with van der Waals surface area (Å²) in [4.78, 5) is 10.7. The van der Waals surface area contributed by atoms with Crippen LogP contribution in [0.5, 0.6) is 0 Å². The van der Waals surface area contributed by atoms with Crippen molar-refractivity contribution in [2.24, 2.45) is 0 Å². The van der Waals surface area contributed by atoms with E-state index in [-0.39, 0.29) is 0 Å². The maximum Gasteiger partial charge on any atom is 0.235 e. The summed E-state index contributed by atoms with van der Waals surface area (Å²) < 4.78 is 8.55. The second-order valence-corrected chi connectivity index (χ2v) is 13.4. The van der Waals surface area contributed by atoms with Crippen molar-refractivity contribution in [2.45, 2.75) is 0 Å². The maximum atomic E-state index is 6.28. The van der Waals surface area contributed by atoms with Gasteiger partial charge in [0.1, 0.15) is 11.2 Å². The summed E-state index contributed by atoms with van der Waals surface area (Å²) in [5.41, 5.74) is 11.3. The summed E-state index contributed by atoms with van der Waals surface area (Å²) in [6.45, 7) is 0. The van der Waals surface area contributed by atoms with Crippen molar-refractivity contribution in [3.63, 3.8) is 0 Å². The topological polar surface area (TPSA) is 43.9 Å². The molecular weight excluding hydrogens is 635 g/mol. The summed E-state index contributed by atoms with van der Waals surface area (Å²) in [5.74, 6) is 0.645. The number of benzene rings is 8. The Kier molecular flexibility index (Phi) is 6.22. The van der Waals surface area contributed by atoms with Crippen molar-refractivity contribution in [1.29, 1.82) is 0 Å². The third-order valence-corrected chi connectivity index (χ3v) is 10.4. The van der Waals surface area contributed by atoms with Gasteiger partial charge in [-0.05, 0) is 63.9 Å². The van der Waals surface area contributed by atoms with Crippen molar-refractivity contribution in [2.75, 3.05) is 0 Å². The molecule has 3 heterocycles. The third-order valence-electron chi connectivity index (χ3n) is 10.4. The molecule has 11 aromatic rings. The van der Waals surface area contributed by atoms with E-state index >= 15 is 0 Å². The average Bonchev–Trinajstić information content (AvgIpc) is 3.76. The summed E-state index contributed by atoms with van der Waals surface area (Å²) in [6, 6.07) is 62.0. The van der Waals surface area contributed by atoms with Gasteiger partial charge in [-0.1, -0.05) is 140 Å². The van der Waals surface area contributed by atoms with Crippen LogP contribution < -0.4 is 0 Å². The second kappa shape index (κ2) is 11.2. The fourth-order valence-corrected chi connectivity index (χ4v) is 8.03. The van der Waals surface area contributed by atoms with E-state index in [2.05, 4.69) is 156 Å². The highest BCUT2D eigenvalue weighted by Crippen LogP contribution is 2.42. The van der Waals surface area contributed by atoms with Crippen LogP contribution >= 0.6 is 0 Å². The lowest BCUT2D eigenvalue weighted by molar-refractivity contribution is 0.669. The molecule has 0 saturated carbocycles. The van der Waals surface area contributed by atoms with Crippen LogP contribution in [0.25, 0.3) is 105 Å². The van der Waals surface area contributed by atoms with Gasteiger partial charge >= 0.3 is 0 Å². The Morgan fingerprint density at radius 1 is 0.423 bits per heavy atom. The molecule has 0 radical (unpaired) electrons. The minimum atomic E-state index is 0.645. The fraction of sp³-hybridized carbons (Fsp3) is 0. The number of furan rings is 1. The Labute approximate surface area is 298 Å². The van der Waals surface area contributed by atoms with Gasteiger partial charge in [-0.15, -0.1) is 0 Å². The Balaban J connectivity index is 1.19. The van der Waals surface area contributed by atoms with Crippen LogP contribution in [0, 0.1) is 0 Å². The molecule has 4 heteroatoms. The molecule has 11 rings (SSSR count). The molecule has 0 amide bonds. The van der Waals surface area contributed by atoms with E-state index in [1.807, 2.05) is 24.3 Å². The predicted octanol–water partition coefficient (Wildman–Crippen LogP) is 12.8. The monoisotopic (exact) mass is 663 g/mol. The Bertz CT molecular complexity index is 3190. The molecule has 0 aliphatic heterocycles. The van der Waals surface area contributed by atoms with E-state index in [0.717, 1.165) is 82.8 Å². The van der Waals surface area contributed by atoms with Crippen LogP contribution in [0.3, 0.4) is 0 Å². The van der Waals surface area contributed by atoms with Crippen molar-refractivity contribution in [3.8, 4) is 39.5 Å². The van der Waals surface area contributed by atoms with Crippen molar-refractivity contribution in [3.05, 3.63) is 176 Å². The van der Waals surface area contributed by atoms with Crippen molar-refractivity contribution < 1.29 is 4.42 Å². The molecule has 0 unspecified atom stereocenters. The van der Waals surface area contributed by atoms with Gasteiger partial charge in [0.2, 0.25) is 5.95 Å². The van der Waals surface area contributed by atoms with Crippen LogP contribution in [-0.2, 0) is 0 Å². The zero-order valence-corrected chi connectivity index (χ0v) is 28.0. The number of fused-ring (bicyclic) bond motifs is 9. The fourth-order valence-electron chi connectivity index (χ4n) is 8.03. The molecule has 0 saturated heterocycles. The van der Waals surface area contributed by atoms with Gasteiger partial charge in [-0.25, -0.2) is 9.97 Å². The molecule has 0 aliphatic carbocycles. The number of nitrogens with zero attached hydrogens (tertiary/aromatic N) is 3. The van der Waals surface area contributed by atoms with Gasteiger partial charge in [-0.3, -0.25) is 4.57 Å². The van der Waals surface area contributed by atoms with Crippen LogP contribution in [0.1, 0.15) is 0 Å². The first-order chi connectivity index (χ1) is 25.8. The second-order valence-electron chi connectivity index (χ2n) is 13.4. The molecule has 0 spiro atoms. The summed E-state index contributed by atoms with van der Waals surface area (Å²) >= 11 is 0. The number of para-hydroxylation sites is 3. The highest BCUT2D eigenvalue weighted by atomic mass is 16.3. The van der Waals surface area contributed by atoms with E-state index in [9.17, 15) is 0 Å². The van der Waals surface area contributed by atoms with E-state index in [4.69, 9.17) is 14.4 Å². The molecule has 242 valence electrons. The van der Waals surface area contributed by atoms with E-state index in [1.54, 1.807) is 0 Å². The molecule has 4 nitrogen and oxygen atoms in total. The van der Waals surface area contributed by atoms with Gasteiger partial charge in [-0.2, -0.15) is 0 Å². The number of hydrogen-bond acceptors (Lipinski definition) is 3. The third kappa shape index (κ3) is 4.34. The van der Waals surface area contributed by atoms with Gasteiger partial charge in [0, 0.05) is 38.1 Å². The molecule has 8 aromatic carbocycles. The van der Waals surface area contributed by atoms with Gasteiger partial charge in [0.25, 0.3) is 0 Å². The lowest BCUT2D eigenvalue weighted by Crippen LogP contribution is -2.04.